The Labute approximate surface area is 70.8 Å². The summed E-state index contributed by atoms with van der Waals surface area (Å²) in [5.41, 5.74) is 6.22. The standard InChI is InChI=1S/C9H10N2O/c10-9(12)8-6-11(8)7-4-2-1-3-5-7/h1-5,8H,6H2,(H2,10,12)/t8-,11?/m1/s1. The lowest BCUT2D eigenvalue weighted by atomic mass is 10.3. The highest BCUT2D eigenvalue weighted by Crippen LogP contribution is 2.26. The van der Waals surface area contributed by atoms with Crippen LogP contribution in [0.3, 0.4) is 0 Å². The summed E-state index contributed by atoms with van der Waals surface area (Å²) in [6, 6.07) is 9.72. The number of hydrogen-bond donors (Lipinski definition) is 1. The van der Waals surface area contributed by atoms with Gasteiger partial charge in [-0.05, 0) is 12.1 Å². The first-order valence-electron chi connectivity index (χ1n) is 3.90. The zero-order valence-electron chi connectivity index (χ0n) is 6.60. The molecule has 62 valence electrons. The second-order valence-electron chi connectivity index (χ2n) is 2.91. The van der Waals surface area contributed by atoms with Crippen LogP contribution in [0.2, 0.25) is 0 Å². The predicted octanol–water partition coefficient (Wildman–Crippen LogP) is 0.360. The summed E-state index contributed by atoms with van der Waals surface area (Å²) in [5.74, 6) is -0.237. The molecule has 1 heterocycles. The molecule has 1 amide bonds. The van der Waals surface area contributed by atoms with E-state index in [9.17, 15) is 4.79 Å². The molecular formula is C9H10N2O. The second kappa shape index (κ2) is 2.52. The molecule has 1 aromatic rings. The number of amides is 1. The van der Waals surface area contributed by atoms with Crippen molar-refractivity contribution in [1.82, 2.24) is 0 Å². The largest absolute Gasteiger partial charge is 0.368 e. The lowest BCUT2D eigenvalue weighted by Gasteiger charge is -2.01. The molecule has 1 fully saturated rings. The Morgan fingerprint density at radius 2 is 2.08 bits per heavy atom. The van der Waals surface area contributed by atoms with E-state index in [-0.39, 0.29) is 11.9 Å². The van der Waals surface area contributed by atoms with Crippen LogP contribution in [0, 0.1) is 0 Å². The highest BCUT2D eigenvalue weighted by atomic mass is 16.1. The number of nitrogens with zero attached hydrogens (tertiary/aromatic N) is 1. The van der Waals surface area contributed by atoms with E-state index in [0.29, 0.717) is 0 Å². The Kier molecular flexibility index (Phi) is 1.50. The van der Waals surface area contributed by atoms with E-state index < -0.39 is 0 Å². The number of hydrogen-bond acceptors (Lipinski definition) is 2. The highest BCUT2D eigenvalue weighted by Gasteiger charge is 2.38. The normalized spacial score (nSPS) is 20.7. The van der Waals surface area contributed by atoms with Gasteiger partial charge in [0, 0.05) is 12.2 Å². The number of anilines is 1. The summed E-state index contributed by atoms with van der Waals surface area (Å²) >= 11 is 0. The van der Waals surface area contributed by atoms with Crippen LogP contribution < -0.4 is 10.6 Å². The van der Waals surface area contributed by atoms with Gasteiger partial charge in [-0.3, -0.25) is 4.79 Å². The molecule has 0 unspecified atom stereocenters. The second-order valence-corrected chi connectivity index (χ2v) is 2.91. The smallest absolute Gasteiger partial charge is 0.241 e. The third-order valence-electron chi connectivity index (χ3n) is 2.03. The number of para-hydroxylation sites is 1. The fraction of sp³-hybridized carbons (Fsp3) is 0.222. The van der Waals surface area contributed by atoms with E-state index in [1.54, 1.807) is 0 Å². The number of benzene rings is 1. The van der Waals surface area contributed by atoms with Crippen molar-refractivity contribution in [2.24, 2.45) is 5.73 Å². The van der Waals surface area contributed by atoms with E-state index in [1.165, 1.54) is 0 Å². The average molecular weight is 162 g/mol. The van der Waals surface area contributed by atoms with Crippen molar-refractivity contribution in [3.05, 3.63) is 30.3 Å². The summed E-state index contributed by atoms with van der Waals surface area (Å²) in [5, 5.41) is 0. The lowest BCUT2D eigenvalue weighted by molar-refractivity contribution is -0.117. The lowest BCUT2D eigenvalue weighted by Crippen LogP contribution is -2.21. The summed E-state index contributed by atoms with van der Waals surface area (Å²) in [6.45, 7) is 0.763. The average Bonchev–Trinajstić information content (AvgIpc) is 2.84. The Morgan fingerprint density at radius 1 is 1.42 bits per heavy atom. The van der Waals surface area contributed by atoms with Gasteiger partial charge in [0.2, 0.25) is 5.91 Å². The summed E-state index contributed by atoms with van der Waals surface area (Å²) in [6.07, 6.45) is 0. The molecule has 2 N–H and O–H groups in total. The summed E-state index contributed by atoms with van der Waals surface area (Å²) in [4.78, 5) is 12.7. The van der Waals surface area contributed by atoms with Gasteiger partial charge in [-0.1, -0.05) is 18.2 Å². The molecule has 0 spiro atoms. The van der Waals surface area contributed by atoms with Crippen molar-refractivity contribution in [3.63, 3.8) is 0 Å². The SMILES string of the molecule is NC(=O)[C@H]1CN1c1ccccc1. The Bertz CT molecular complexity index is 297. The van der Waals surface area contributed by atoms with Gasteiger partial charge in [0.05, 0.1) is 0 Å². The molecule has 1 aromatic carbocycles. The molecule has 2 rings (SSSR count). The van der Waals surface area contributed by atoms with Crippen LogP contribution >= 0.6 is 0 Å². The van der Waals surface area contributed by atoms with Crippen molar-refractivity contribution >= 4 is 11.6 Å². The first-order valence-corrected chi connectivity index (χ1v) is 3.90. The first kappa shape index (κ1) is 7.16. The zero-order valence-corrected chi connectivity index (χ0v) is 6.60. The van der Waals surface area contributed by atoms with E-state index >= 15 is 0 Å². The topological polar surface area (TPSA) is 46.1 Å². The van der Waals surface area contributed by atoms with E-state index in [1.807, 2.05) is 35.2 Å². The number of rotatable bonds is 2. The van der Waals surface area contributed by atoms with Crippen molar-refractivity contribution in [2.45, 2.75) is 6.04 Å². The van der Waals surface area contributed by atoms with Gasteiger partial charge < -0.3 is 10.6 Å². The first-order chi connectivity index (χ1) is 5.79. The third-order valence-corrected chi connectivity index (χ3v) is 2.03. The zero-order chi connectivity index (χ0) is 8.55. The summed E-state index contributed by atoms with van der Waals surface area (Å²) < 4.78 is 0. The molecular weight excluding hydrogens is 152 g/mol. The molecule has 1 aliphatic heterocycles. The van der Waals surface area contributed by atoms with Crippen molar-refractivity contribution in [2.75, 3.05) is 11.4 Å². The Hall–Kier alpha value is -1.51. The van der Waals surface area contributed by atoms with Crippen LogP contribution in [-0.2, 0) is 4.79 Å². The molecule has 3 heteroatoms. The van der Waals surface area contributed by atoms with Crippen LogP contribution in [0.15, 0.2) is 30.3 Å². The van der Waals surface area contributed by atoms with Gasteiger partial charge in [0.25, 0.3) is 0 Å². The van der Waals surface area contributed by atoms with Gasteiger partial charge in [0.15, 0.2) is 0 Å². The minimum absolute atomic E-state index is 0.0765. The minimum Gasteiger partial charge on any atom is -0.368 e. The number of carbonyl (C=O) groups is 1. The fourth-order valence-corrected chi connectivity index (χ4v) is 1.29. The van der Waals surface area contributed by atoms with E-state index in [2.05, 4.69) is 0 Å². The molecule has 1 saturated heterocycles. The summed E-state index contributed by atoms with van der Waals surface area (Å²) in [7, 11) is 0. The van der Waals surface area contributed by atoms with Crippen LogP contribution in [-0.4, -0.2) is 18.5 Å². The maximum atomic E-state index is 10.7. The van der Waals surface area contributed by atoms with Gasteiger partial charge in [-0.25, -0.2) is 0 Å². The van der Waals surface area contributed by atoms with Crippen LogP contribution in [0.5, 0.6) is 0 Å². The Morgan fingerprint density at radius 3 is 2.58 bits per heavy atom. The molecule has 0 aromatic heterocycles. The monoisotopic (exact) mass is 162 g/mol. The van der Waals surface area contributed by atoms with E-state index in [4.69, 9.17) is 5.73 Å². The van der Waals surface area contributed by atoms with Crippen molar-refractivity contribution in [3.8, 4) is 0 Å². The molecule has 12 heavy (non-hydrogen) atoms. The maximum absolute atomic E-state index is 10.7. The molecule has 1 atom stereocenters. The molecule has 1 aliphatic rings. The molecule has 0 saturated carbocycles. The molecule has 0 radical (unpaired) electrons. The molecule has 3 nitrogen and oxygen atoms in total. The Balaban J connectivity index is 2.11. The minimum atomic E-state index is -0.237. The van der Waals surface area contributed by atoms with Crippen LogP contribution in [0.4, 0.5) is 5.69 Å². The van der Waals surface area contributed by atoms with Crippen LogP contribution in [0.1, 0.15) is 0 Å². The van der Waals surface area contributed by atoms with Crippen molar-refractivity contribution < 1.29 is 4.79 Å². The van der Waals surface area contributed by atoms with Crippen LogP contribution in [0.25, 0.3) is 0 Å². The van der Waals surface area contributed by atoms with E-state index in [0.717, 1.165) is 12.2 Å². The maximum Gasteiger partial charge on any atom is 0.241 e. The molecule has 0 aliphatic carbocycles. The number of primary amides is 1. The van der Waals surface area contributed by atoms with Crippen molar-refractivity contribution in [1.29, 1.82) is 0 Å². The number of nitrogens with two attached hydrogens (primary N) is 1. The quantitative estimate of drug-likeness (QED) is 0.638. The molecule has 0 bridgehead atoms. The van der Waals surface area contributed by atoms with Gasteiger partial charge in [-0.15, -0.1) is 0 Å². The van der Waals surface area contributed by atoms with Gasteiger partial charge >= 0.3 is 0 Å². The fourth-order valence-electron chi connectivity index (χ4n) is 1.29. The number of carbonyl (C=O) groups excluding carboxylic acids is 1. The highest BCUT2D eigenvalue weighted by molar-refractivity contribution is 5.89. The van der Waals surface area contributed by atoms with Gasteiger partial charge in [0.1, 0.15) is 6.04 Å². The predicted molar refractivity (Wildman–Crippen MR) is 46.8 cm³/mol. The third kappa shape index (κ3) is 1.13. The van der Waals surface area contributed by atoms with Gasteiger partial charge in [-0.2, -0.15) is 0 Å².